The molecule has 0 radical (unpaired) electrons. The van der Waals surface area contributed by atoms with Crippen molar-refractivity contribution in [2.75, 3.05) is 26.7 Å². The molecule has 106 valence electrons. The molecule has 1 unspecified atom stereocenters. The van der Waals surface area contributed by atoms with Gasteiger partial charge in [-0.25, -0.2) is 0 Å². The molecular weight excluding hydrogens is 248 g/mol. The van der Waals surface area contributed by atoms with Crippen LogP contribution in [0.3, 0.4) is 0 Å². The van der Waals surface area contributed by atoms with E-state index in [1.807, 2.05) is 7.05 Å². The van der Waals surface area contributed by atoms with Gasteiger partial charge in [-0.3, -0.25) is 4.79 Å². The van der Waals surface area contributed by atoms with Crippen LogP contribution < -0.4 is 5.32 Å². The van der Waals surface area contributed by atoms with E-state index in [-0.39, 0.29) is 12.4 Å². The highest BCUT2D eigenvalue weighted by atomic mass is 35.5. The quantitative estimate of drug-likeness (QED) is 0.857. The van der Waals surface area contributed by atoms with Crippen molar-refractivity contribution >= 4 is 18.3 Å². The Labute approximate surface area is 117 Å². The van der Waals surface area contributed by atoms with Gasteiger partial charge in [0.2, 0.25) is 5.91 Å². The van der Waals surface area contributed by atoms with E-state index in [4.69, 9.17) is 0 Å². The number of likely N-dealkylation sites (tertiary alicyclic amines) is 1. The lowest BCUT2D eigenvalue weighted by Gasteiger charge is -2.35. The van der Waals surface area contributed by atoms with E-state index < -0.39 is 0 Å². The van der Waals surface area contributed by atoms with E-state index in [2.05, 4.69) is 10.2 Å². The normalized spacial score (nSPS) is 25.6. The predicted octanol–water partition coefficient (Wildman–Crippen LogP) is 2.45. The van der Waals surface area contributed by atoms with Crippen LogP contribution in [0.4, 0.5) is 0 Å². The second-order valence-electron chi connectivity index (χ2n) is 5.69. The second-order valence-corrected chi connectivity index (χ2v) is 5.69. The summed E-state index contributed by atoms with van der Waals surface area (Å²) in [7, 11) is 2.00. The van der Waals surface area contributed by atoms with Crippen LogP contribution >= 0.6 is 12.4 Å². The van der Waals surface area contributed by atoms with E-state index in [1.54, 1.807) is 0 Å². The fourth-order valence-electron chi connectivity index (χ4n) is 3.33. The molecule has 1 N–H and O–H groups in total. The van der Waals surface area contributed by atoms with Crippen molar-refractivity contribution in [2.45, 2.75) is 44.9 Å². The van der Waals surface area contributed by atoms with Gasteiger partial charge in [-0.2, -0.15) is 0 Å². The van der Waals surface area contributed by atoms with Gasteiger partial charge in [-0.05, 0) is 45.2 Å². The van der Waals surface area contributed by atoms with Crippen LogP contribution in [-0.2, 0) is 4.79 Å². The third-order valence-corrected chi connectivity index (χ3v) is 4.28. The minimum Gasteiger partial charge on any atom is -0.342 e. The molecule has 2 aliphatic rings. The molecule has 1 saturated carbocycles. The molecule has 3 nitrogen and oxygen atoms in total. The maximum atomic E-state index is 12.4. The van der Waals surface area contributed by atoms with Crippen LogP contribution in [0.1, 0.15) is 44.9 Å². The highest BCUT2D eigenvalue weighted by Gasteiger charge is 2.29. The van der Waals surface area contributed by atoms with E-state index in [0.29, 0.717) is 17.7 Å². The molecular formula is C14H27ClN2O. The van der Waals surface area contributed by atoms with Crippen molar-refractivity contribution < 1.29 is 4.79 Å². The molecule has 1 aliphatic carbocycles. The Bertz CT molecular complexity index is 252. The van der Waals surface area contributed by atoms with Crippen molar-refractivity contribution in [3.05, 3.63) is 0 Å². The first kappa shape index (κ1) is 15.8. The summed E-state index contributed by atoms with van der Waals surface area (Å²) >= 11 is 0. The summed E-state index contributed by atoms with van der Waals surface area (Å²) in [6.45, 7) is 3.03. The summed E-state index contributed by atoms with van der Waals surface area (Å²) in [5, 5.41) is 3.24. The Balaban J connectivity index is 0.00000162. The Kier molecular flexibility index (Phi) is 7.02. The van der Waals surface area contributed by atoms with Crippen LogP contribution in [0.15, 0.2) is 0 Å². The summed E-state index contributed by atoms with van der Waals surface area (Å²) in [5.41, 5.74) is 0. The molecule has 18 heavy (non-hydrogen) atoms. The molecule has 0 bridgehead atoms. The largest absolute Gasteiger partial charge is 0.342 e. The van der Waals surface area contributed by atoms with E-state index in [0.717, 1.165) is 32.5 Å². The first-order valence-electron chi connectivity index (χ1n) is 7.24. The van der Waals surface area contributed by atoms with Crippen molar-refractivity contribution in [1.29, 1.82) is 0 Å². The molecule has 0 aromatic rings. The maximum absolute atomic E-state index is 12.4. The molecule has 2 rings (SSSR count). The molecule has 1 aliphatic heterocycles. The molecule has 0 spiro atoms. The van der Waals surface area contributed by atoms with Crippen LogP contribution in [0, 0.1) is 11.8 Å². The fraction of sp³-hybridized carbons (Fsp3) is 0.929. The second kappa shape index (κ2) is 8.00. The van der Waals surface area contributed by atoms with E-state index in [9.17, 15) is 4.79 Å². The van der Waals surface area contributed by atoms with Gasteiger partial charge in [0.15, 0.2) is 0 Å². The van der Waals surface area contributed by atoms with Crippen LogP contribution in [0.2, 0.25) is 0 Å². The molecule has 2 fully saturated rings. The Morgan fingerprint density at radius 3 is 2.56 bits per heavy atom. The average Bonchev–Trinajstić information content (AvgIpc) is 2.40. The van der Waals surface area contributed by atoms with Crippen molar-refractivity contribution in [3.8, 4) is 0 Å². The van der Waals surface area contributed by atoms with Gasteiger partial charge < -0.3 is 10.2 Å². The maximum Gasteiger partial charge on any atom is 0.225 e. The molecule has 1 atom stereocenters. The van der Waals surface area contributed by atoms with E-state index >= 15 is 0 Å². The summed E-state index contributed by atoms with van der Waals surface area (Å²) in [6, 6.07) is 0. The average molecular weight is 275 g/mol. The number of hydrogen-bond donors (Lipinski definition) is 1. The molecule has 1 amide bonds. The lowest BCUT2D eigenvalue weighted by Crippen LogP contribution is -2.45. The third kappa shape index (κ3) is 4.13. The first-order valence-corrected chi connectivity index (χ1v) is 7.24. The molecule has 1 heterocycles. The summed E-state index contributed by atoms with van der Waals surface area (Å²) in [4.78, 5) is 14.5. The number of piperidine rings is 1. The van der Waals surface area contributed by atoms with Gasteiger partial charge in [-0.15, -0.1) is 12.4 Å². The highest BCUT2D eigenvalue weighted by molar-refractivity contribution is 5.85. The van der Waals surface area contributed by atoms with Crippen LogP contribution in [0.5, 0.6) is 0 Å². The van der Waals surface area contributed by atoms with Gasteiger partial charge in [0.05, 0.1) is 0 Å². The number of hydrogen-bond acceptors (Lipinski definition) is 2. The topological polar surface area (TPSA) is 32.3 Å². The smallest absolute Gasteiger partial charge is 0.225 e. The Hall–Kier alpha value is -0.280. The summed E-state index contributed by atoms with van der Waals surface area (Å²) in [6.07, 6.45) is 8.55. The molecule has 0 aromatic carbocycles. The third-order valence-electron chi connectivity index (χ3n) is 4.28. The minimum atomic E-state index is 0. The van der Waals surface area contributed by atoms with Gasteiger partial charge >= 0.3 is 0 Å². The molecule has 4 heteroatoms. The monoisotopic (exact) mass is 274 g/mol. The fourth-order valence-corrected chi connectivity index (χ4v) is 3.33. The van der Waals surface area contributed by atoms with Crippen molar-refractivity contribution in [3.63, 3.8) is 0 Å². The zero-order valence-electron chi connectivity index (χ0n) is 11.5. The van der Waals surface area contributed by atoms with Crippen molar-refractivity contribution in [1.82, 2.24) is 10.2 Å². The minimum absolute atomic E-state index is 0. The van der Waals surface area contributed by atoms with Gasteiger partial charge in [-0.1, -0.05) is 19.3 Å². The van der Waals surface area contributed by atoms with E-state index in [1.165, 1.54) is 32.1 Å². The number of nitrogens with one attached hydrogen (secondary N) is 1. The van der Waals surface area contributed by atoms with Gasteiger partial charge in [0, 0.05) is 19.0 Å². The molecule has 1 saturated heterocycles. The number of rotatable bonds is 3. The number of carbonyl (C=O) groups is 1. The van der Waals surface area contributed by atoms with Crippen LogP contribution in [0.25, 0.3) is 0 Å². The lowest BCUT2D eigenvalue weighted by atomic mass is 9.87. The lowest BCUT2D eigenvalue weighted by molar-refractivity contribution is -0.138. The SMILES string of the molecule is CNCC1CCCN(C(=O)C2CCCCC2)C1.Cl. The summed E-state index contributed by atoms with van der Waals surface area (Å²) < 4.78 is 0. The zero-order chi connectivity index (χ0) is 12.1. The number of amides is 1. The Morgan fingerprint density at radius 1 is 1.17 bits per heavy atom. The van der Waals surface area contributed by atoms with Crippen molar-refractivity contribution in [2.24, 2.45) is 11.8 Å². The number of carbonyl (C=O) groups excluding carboxylic acids is 1. The van der Waals surface area contributed by atoms with Gasteiger partial charge in [0.25, 0.3) is 0 Å². The first-order chi connectivity index (χ1) is 8.31. The highest BCUT2D eigenvalue weighted by Crippen LogP contribution is 2.27. The van der Waals surface area contributed by atoms with Crippen LogP contribution in [-0.4, -0.2) is 37.5 Å². The standard InChI is InChI=1S/C14H26N2O.ClH/c1-15-10-12-6-5-9-16(11-12)14(17)13-7-3-2-4-8-13;/h12-13,15H,2-11H2,1H3;1H. The predicted molar refractivity (Wildman–Crippen MR) is 77.1 cm³/mol. The molecule has 0 aromatic heterocycles. The number of halogens is 1. The Morgan fingerprint density at radius 2 is 1.89 bits per heavy atom. The van der Waals surface area contributed by atoms with Gasteiger partial charge in [0.1, 0.15) is 0 Å². The summed E-state index contributed by atoms with van der Waals surface area (Å²) in [5.74, 6) is 1.46. The number of nitrogens with zero attached hydrogens (tertiary/aromatic N) is 1. The zero-order valence-corrected chi connectivity index (χ0v) is 12.3.